The van der Waals surface area contributed by atoms with E-state index in [-0.39, 0.29) is 6.54 Å². The van der Waals surface area contributed by atoms with Gasteiger partial charge in [0.1, 0.15) is 5.60 Å². The first-order valence-electron chi connectivity index (χ1n) is 5.84. The summed E-state index contributed by atoms with van der Waals surface area (Å²) in [5.41, 5.74) is 2.53. The maximum Gasteiger partial charge on any atom is 0.107 e. The Bertz CT molecular complexity index is 448. The number of rotatable bonds is 6. The fourth-order valence-electron chi connectivity index (χ4n) is 2.10. The Hall–Kier alpha value is -0.770. The summed E-state index contributed by atoms with van der Waals surface area (Å²) >= 11 is 12.5. The van der Waals surface area contributed by atoms with Crippen LogP contribution < -0.4 is 5.43 Å². The number of nitrogens with one attached hydrogen (secondary N) is 1. The second kappa shape index (κ2) is 5.08. The monoisotopic (exact) mass is 286 g/mol. The summed E-state index contributed by atoms with van der Waals surface area (Å²) in [7, 11) is 0. The lowest BCUT2D eigenvalue weighted by Gasteiger charge is -2.33. The summed E-state index contributed by atoms with van der Waals surface area (Å²) in [4.78, 5) is -0.580. The van der Waals surface area contributed by atoms with E-state index in [1.807, 2.05) is 24.3 Å². The minimum absolute atomic E-state index is 0.269. The predicted molar refractivity (Wildman–Crippen MR) is 75.5 cm³/mol. The third-order valence-corrected chi connectivity index (χ3v) is 4.55. The zero-order chi connectivity index (χ0) is 13.2. The van der Waals surface area contributed by atoms with Crippen molar-refractivity contribution in [2.24, 2.45) is 5.10 Å². The van der Waals surface area contributed by atoms with Crippen LogP contribution >= 0.6 is 23.2 Å². The third-order valence-electron chi connectivity index (χ3n) is 3.45. The van der Waals surface area contributed by atoms with Gasteiger partial charge in [0.15, 0.2) is 0 Å². The smallest absolute Gasteiger partial charge is 0.107 e. The molecular weight excluding hydrogens is 271 g/mol. The van der Waals surface area contributed by atoms with Crippen LogP contribution in [0.15, 0.2) is 29.4 Å². The molecule has 0 bridgehead atoms. The van der Waals surface area contributed by atoms with Gasteiger partial charge in [-0.1, -0.05) is 29.8 Å². The standard InChI is InChI=1S/C13H16Cl2N2O/c1-16-17-9-13(18,12(15)6-7-12)8-10-4-2-3-5-11(10)14/h2-5,17-18H,1,6-9H2. The molecule has 18 heavy (non-hydrogen) atoms. The zero-order valence-electron chi connectivity index (χ0n) is 10.00. The van der Waals surface area contributed by atoms with Crippen molar-refractivity contribution in [3.8, 4) is 0 Å². The maximum absolute atomic E-state index is 10.8. The minimum Gasteiger partial charge on any atom is -0.386 e. The molecular formula is C13H16Cl2N2O. The van der Waals surface area contributed by atoms with Crippen molar-refractivity contribution in [1.29, 1.82) is 0 Å². The second-order valence-corrected chi connectivity index (χ2v) is 5.89. The number of halogens is 2. The molecule has 1 aromatic rings. The molecule has 1 aliphatic carbocycles. The summed E-state index contributed by atoms with van der Waals surface area (Å²) < 4.78 is 0. The lowest BCUT2D eigenvalue weighted by molar-refractivity contribution is 0.0288. The van der Waals surface area contributed by atoms with E-state index in [4.69, 9.17) is 23.2 Å². The van der Waals surface area contributed by atoms with E-state index in [0.717, 1.165) is 18.4 Å². The second-order valence-electron chi connectivity index (χ2n) is 4.76. The molecule has 0 aromatic heterocycles. The van der Waals surface area contributed by atoms with Crippen LogP contribution in [0.4, 0.5) is 0 Å². The van der Waals surface area contributed by atoms with Crippen LogP contribution in [0.25, 0.3) is 0 Å². The molecule has 1 atom stereocenters. The Labute approximate surface area is 117 Å². The van der Waals surface area contributed by atoms with E-state index in [1.165, 1.54) is 0 Å². The molecule has 0 spiro atoms. The average molecular weight is 287 g/mol. The topological polar surface area (TPSA) is 44.6 Å². The molecule has 1 fully saturated rings. The molecule has 1 aromatic carbocycles. The number of alkyl halides is 1. The predicted octanol–water partition coefficient (Wildman–Crippen LogP) is 2.59. The first-order valence-corrected chi connectivity index (χ1v) is 6.60. The highest BCUT2D eigenvalue weighted by Gasteiger charge is 2.57. The molecule has 0 amide bonds. The number of hydrazone groups is 1. The van der Waals surface area contributed by atoms with E-state index in [0.29, 0.717) is 11.4 Å². The first kappa shape index (κ1) is 13.7. The number of hydrogen-bond acceptors (Lipinski definition) is 3. The Balaban J connectivity index is 2.20. The SMILES string of the molecule is C=NNCC(O)(Cc1ccccc1Cl)C1(Cl)CC1. The van der Waals surface area contributed by atoms with Gasteiger partial charge in [0.05, 0.1) is 11.4 Å². The summed E-state index contributed by atoms with van der Waals surface area (Å²) in [5, 5.41) is 15.0. The third kappa shape index (κ3) is 2.63. The highest BCUT2D eigenvalue weighted by Crippen LogP contribution is 2.52. The van der Waals surface area contributed by atoms with Crippen LogP contribution in [0.1, 0.15) is 18.4 Å². The zero-order valence-corrected chi connectivity index (χ0v) is 11.5. The number of benzene rings is 1. The van der Waals surface area contributed by atoms with Gasteiger partial charge in [-0.15, -0.1) is 11.6 Å². The molecule has 0 aliphatic heterocycles. The van der Waals surface area contributed by atoms with E-state index in [9.17, 15) is 5.11 Å². The van der Waals surface area contributed by atoms with Gasteiger partial charge < -0.3 is 10.5 Å². The molecule has 1 saturated carbocycles. The van der Waals surface area contributed by atoms with E-state index >= 15 is 0 Å². The molecule has 5 heteroatoms. The van der Waals surface area contributed by atoms with Gasteiger partial charge in [-0.3, -0.25) is 0 Å². The molecule has 1 unspecified atom stereocenters. The van der Waals surface area contributed by atoms with E-state index in [1.54, 1.807) is 0 Å². The van der Waals surface area contributed by atoms with Crippen molar-refractivity contribution in [2.75, 3.05) is 6.54 Å². The van der Waals surface area contributed by atoms with Gasteiger partial charge in [0.25, 0.3) is 0 Å². The number of nitrogens with zero attached hydrogens (tertiary/aromatic N) is 1. The van der Waals surface area contributed by atoms with Gasteiger partial charge in [0, 0.05) is 18.2 Å². The van der Waals surface area contributed by atoms with Crippen LogP contribution in [-0.4, -0.2) is 28.8 Å². The molecule has 98 valence electrons. The van der Waals surface area contributed by atoms with Gasteiger partial charge in [-0.2, -0.15) is 5.10 Å². The van der Waals surface area contributed by atoms with Crippen molar-refractivity contribution >= 4 is 29.9 Å². The van der Waals surface area contributed by atoms with Crippen LogP contribution in [-0.2, 0) is 6.42 Å². The van der Waals surface area contributed by atoms with Crippen LogP contribution in [0.3, 0.4) is 0 Å². The van der Waals surface area contributed by atoms with Gasteiger partial charge in [-0.05, 0) is 24.5 Å². The van der Waals surface area contributed by atoms with Crippen molar-refractivity contribution in [1.82, 2.24) is 5.43 Å². The number of aliphatic hydroxyl groups is 1. The normalized spacial score (nSPS) is 19.9. The lowest BCUT2D eigenvalue weighted by atomic mass is 9.89. The Morgan fingerprint density at radius 1 is 1.44 bits per heavy atom. The van der Waals surface area contributed by atoms with E-state index in [2.05, 4.69) is 17.2 Å². The molecule has 0 heterocycles. The van der Waals surface area contributed by atoms with Crippen LogP contribution in [0.5, 0.6) is 0 Å². The van der Waals surface area contributed by atoms with Gasteiger partial charge in [0.2, 0.25) is 0 Å². The minimum atomic E-state index is -1.07. The van der Waals surface area contributed by atoms with Crippen molar-refractivity contribution in [3.63, 3.8) is 0 Å². The van der Waals surface area contributed by atoms with E-state index < -0.39 is 10.5 Å². The van der Waals surface area contributed by atoms with Gasteiger partial charge in [-0.25, -0.2) is 0 Å². The highest BCUT2D eigenvalue weighted by molar-refractivity contribution is 6.31. The molecule has 0 radical (unpaired) electrons. The fourth-order valence-corrected chi connectivity index (χ4v) is 2.53. The Morgan fingerprint density at radius 2 is 2.11 bits per heavy atom. The molecule has 1 aliphatic rings. The lowest BCUT2D eigenvalue weighted by Crippen LogP contribution is -2.50. The molecule has 0 saturated heterocycles. The summed E-state index contributed by atoms with van der Waals surface area (Å²) in [6, 6.07) is 7.47. The summed E-state index contributed by atoms with van der Waals surface area (Å²) in [6.45, 7) is 3.62. The number of hydrogen-bond donors (Lipinski definition) is 2. The van der Waals surface area contributed by atoms with Gasteiger partial charge >= 0.3 is 0 Å². The maximum atomic E-state index is 10.8. The molecule has 3 nitrogen and oxygen atoms in total. The summed E-state index contributed by atoms with van der Waals surface area (Å²) in [6.07, 6.45) is 2.00. The first-order chi connectivity index (χ1) is 8.51. The Morgan fingerprint density at radius 3 is 2.67 bits per heavy atom. The highest BCUT2D eigenvalue weighted by atomic mass is 35.5. The van der Waals surface area contributed by atoms with Crippen molar-refractivity contribution < 1.29 is 5.11 Å². The van der Waals surface area contributed by atoms with Crippen molar-refractivity contribution in [3.05, 3.63) is 34.9 Å². The van der Waals surface area contributed by atoms with Crippen molar-refractivity contribution in [2.45, 2.75) is 29.7 Å². The summed E-state index contributed by atoms with van der Waals surface area (Å²) in [5.74, 6) is 0. The largest absolute Gasteiger partial charge is 0.386 e. The molecule has 2 rings (SSSR count). The quantitative estimate of drug-likeness (QED) is 0.480. The van der Waals surface area contributed by atoms with Crippen LogP contribution in [0, 0.1) is 0 Å². The molecule has 2 N–H and O–H groups in total. The Kier molecular flexibility index (Phi) is 3.85. The average Bonchev–Trinajstić information content (AvgIpc) is 3.10. The fraction of sp³-hybridized carbons (Fsp3) is 0.462. The van der Waals surface area contributed by atoms with Crippen LogP contribution in [0.2, 0.25) is 5.02 Å².